The van der Waals surface area contributed by atoms with Gasteiger partial charge in [0.1, 0.15) is 6.61 Å². The molecule has 8 heteroatoms. The lowest BCUT2D eigenvalue weighted by molar-refractivity contribution is -0.133. The highest BCUT2D eigenvalue weighted by atomic mass is 16.5. The van der Waals surface area contributed by atoms with Gasteiger partial charge in [-0.05, 0) is 48.9 Å². The van der Waals surface area contributed by atoms with Crippen molar-refractivity contribution in [3.63, 3.8) is 0 Å². The maximum absolute atomic E-state index is 13.0. The van der Waals surface area contributed by atoms with Crippen LogP contribution in [0.3, 0.4) is 0 Å². The van der Waals surface area contributed by atoms with Crippen molar-refractivity contribution in [1.29, 1.82) is 0 Å². The predicted molar refractivity (Wildman–Crippen MR) is 115 cm³/mol. The van der Waals surface area contributed by atoms with Crippen LogP contribution in [0.5, 0.6) is 0 Å². The van der Waals surface area contributed by atoms with Crippen molar-refractivity contribution in [1.82, 2.24) is 4.90 Å². The number of nitrogens with one attached hydrogen (secondary N) is 1. The van der Waals surface area contributed by atoms with Crippen molar-refractivity contribution in [3.05, 3.63) is 24.3 Å². The summed E-state index contributed by atoms with van der Waals surface area (Å²) in [5.74, 6) is -0.318. The van der Waals surface area contributed by atoms with Crippen LogP contribution >= 0.6 is 0 Å². The zero-order valence-electron chi connectivity index (χ0n) is 17.8. The van der Waals surface area contributed by atoms with Crippen LogP contribution in [0, 0.1) is 11.8 Å². The van der Waals surface area contributed by atoms with Crippen LogP contribution in [0.15, 0.2) is 24.3 Å². The first-order valence-corrected chi connectivity index (χ1v) is 10.7. The molecular weight excluding hydrogens is 384 g/mol. The standard InChI is InChI=1S/C22H32N4O4/c1-15(2)12-25(13-16-4-3-5-16)20(21(23)28)22(29)24-17-6-8-18(9-7-17)26-10-11-30-14-19(26)27/h6-9,15-16,20H,3-5,10-14H2,1-2H3,(H2,23,28)(H,24,29)/t20-/m0/s1. The Kier molecular flexibility index (Phi) is 7.44. The van der Waals surface area contributed by atoms with Gasteiger partial charge in [-0.2, -0.15) is 0 Å². The van der Waals surface area contributed by atoms with Crippen LogP contribution < -0.4 is 16.0 Å². The Balaban J connectivity index is 1.68. The van der Waals surface area contributed by atoms with Crippen molar-refractivity contribution >= 4 is 29.1 Å². The van der Waals surface area contributed by atoms with E-state index in [9.17, 15) is 14.4 Å². The number of primary amides is 1. The number of benzene rings is 1. The highest BCUT2D eigenvalue weighted by molar-refractivity contribution is 6.09. The van der Waals surface area contributed by atoms with Crippen molar-refractivity contribution in [2.75, 3.05) is 43.1 Å². The van der Waals surface area contributed by atoms with Crippen molar-refractivity contribution < 1.29 is 19.1 Å². The third kappa shape index (κ3) is 5.58. The highest BCUT2D eigenvalue weighted by Crippen LogP contribution is 2.28. The molecule has 1 atom stereocenters. The molecule has 2 fully saturated rings. The third-order valence-electron chi connectivity index (χ3n) is 5.63. The lowest BCUT2D eigenvalue weighted by Crippen LogP contribution is -2.54. The maximum atomic E-state index is 13.0. The van der Waals surface area contributed by atoms with Crippen LogP contribution in [-0.4, -0.2) is 61.5 Å². The summed E-state index contributed by atoms with van der Waals surface area (Å²) < 4.78 is 5.15. The Bertz CT molecular complexity index is 761. The summed E-state index contributed by atoms with van der Waals surface area (Å²) in [5, 5.41) is 2.82. The number of nitrogens with two attached hydrogens (primary N) is 1. The Hall–Kier alpha value is -2.45. The van der Waals surface area contributed by atoms with Gasteiger partial charge in [-0.15, -0.1) is 0 Å². The molecule has 3 rings (SSSR count). The van der Waals surface area contributed by atoms with Crippen LogP contribution in [0.4, 0.5) is 11.4 Å². The quantitative estimate of drug-likeness (QED) is 0.595. The normalized spacial score (nSPS) is 18.4. The van der Waals surface area contributed by atoms with Gasteiger partial charge in [-0.1, -0.05) is 20.3 Å². The zero-order chi connectivity index (χ0) is 21.7. The molecule has 0 spiro atoms. The second-order valence-corrected chi connectivity index (χ2v) is 8.58. The molecule has 1 heterocycles. The van der Waals surface area contributed by atoms with Gasteiger partial charge in [-0.3, -0.25) is 19.3 Å². The third-order valence-corrected chi connectivity index (χ3v) is 5.63. The highest BCUT2D eigenvalue weighted by Gasteiger charge is 2.34. The van der Waals surface area contributed by atoms with Crippen molar-refractivity contribution in [3.8, 4) is 0 Å². The molecule has 0 aromatic heterocycles. The minimum Gasteiger partial charge on any atom is -0.370 e. The molecule has 0 bridgehead atoms. The summed E-state index contributed by atoms with van der Waals surface area (Å²) in [6, 6.07) is 6.00. The number of rotatable bonds is 9. The molecule has 30 heavy (non-hydrogen) atoms. The van der Waals surface area contributed by atoms with Gasteiger partial charge in [0.25, 0.3) is 11.8 Å². The Morgan fingerprint density at radius 3 is 2.50 bits per heavy atom. The number of ether oxygens (including phenoxy) is 1. The second-order valence-electron chi connectivity index (χ2n) is 8.58. The van der Waals surface area contributed by atoms with Gasteiger partial charge < -0.3 is 20.7 Å². The van der Waals surface area contributed by atoms with Crippen LogP contribution in [0.25, 0.3) is 0 Å². The van der Waals surface area contributed by atoms with E-state index in [2.05, 4.69) is 19.2 Å². The average molecular weight is 417 g/mol. The van der Waals surface area contributed by atoms with E-state index in [1.807, 2.05) is 4.90 Å². The lowest BCUT2D eigenvalue weighted by atomic mass is 9.84. The van der Waals surface area contributed by atoms with Crippen LogP contribution in [0.1, 0.15) is 33.1 Å². The summed E-state index contributed by atoms with van der Waals surface area (Å²) in [4.78, 5) is 40.7. The summed E-state index contributed by atoms with van der Waals surface area (Å²) in [6.45, 7) is 6.54. The molecule has 0 unspecified atom stereocenters. The predicted octanol–water partition coefficient (Wildman–Crippen LogP) is 1.60. The summed E-state index contributed by atoms with van der Waals surface area (Å²) in [7, 11) is 0. The van der Waals surface area contributed by atoms with E-state index in [0.29, 0.717) is 43.8 Å². The number of nitrogens with zero attached hydrogens (tertiary/aromatic N) is 2. The van der Waals surface area contributed by atoms with Gasteiger partial charge in [0, 0.05) is 31.0 Å². The van der Waals surface area contributed by atoms with Gasteiger partial charge in [0.15, 0.2) is 6.04 Å². The zero-order valence-corrected chi connectivity index (χ0v) is 17.8. The molecule has 1 saturated heterocycles. The van der Waals surface area contributed by atoms with E-state index < -0.39 is 17.9 Å². The van der Waals surface area contributed by atoms with Crippen molar-refractivity contribution in [2.24, 2.45) is 17.6 Å². The van der Waals surface area contributed by atoms with Crippen molar-refractivity contribution in [2.45, 2.75) is 39.2 Å². The topological polar surface area (TPSA) is 105 Å². The summed E-state index contributed by atoms with van der Waals surface area (Å²) >= 11 is 0. The number of anilines is 2. The smallest absolute Gasteiger partial charge is 0.253 e. The minimum absolute atomic E-state index is 0.0749. The Labute approximate surface area is 177 Å². The van der Waals surface area contributed by atoms with Gasteiger partial charge in [0.2, 0.25) is 5.91 Å². The van der Waals surface area contributed by atoms with E-state index in [-0.39, 0.29) is 12.5 Å². The number of carbonyl (C=O) groups excluding carboxylic acids is 3. The van der Waals surface area contributed by atoms with Gasteiger partial charge >= 0.3 is 0 Å². The van der Waals surface area contributed by atoms with E-state index in [1.54, 1.807) is 29.2 Å². The van der Waals surface area contributed by atoms with E-state index in [4.69, 9.17) is 10.5 Å². The maximum Gasteiger partial charge on any atom is 0.253 e. The molecular formula is C22H32N4O4. The number of morpholine rings is 1. The monoisotopic (exact) mass is 416 g/mol. The average Bonchev–Trinajstić information content (AvgIpc) is 2.65. The second kappa shape index (κ2) is 10.0. The fourth-order valence-corrected chi connectivity index (χ4v) is 3.96. The molecule has 0 radical (unpaired) electrons. The fraction of sp³-hybridized carbons (Fsp3) is 0.591. The molecule has 8 nitrogen and oxygen atoms in total. The minimum atomic E-state index is -1.01. The number of carbonyl (C=O) groups is 3. The molecule has 1 aromatic rings. The molecule has 1 aliphatic carbocycles. The largest absolute Gasteiger partial charge is 0.370 e. The first-order chi connectivity index (χ1) is 14.3. The lowest BCUT2D eigenvalue weighted by Gasteiger charge is -2.36. The van der Waals surface area contributed by atoms with Gasteiger partial charge in [-0.25, -0.2) is 0 Å². The Morgan fingerprint density at radius 2 is 1.97 bits per heavy atom. The number of amides is 3. The first kappa shape index (κ1) is 22.2. The van der Waals surface area contributed by atoms with E-state index in [0.717, 1.165) is 18.5 Å². The van der Waals surface area contributed by atoms with Crippen LogP contribution in [-0.2, 0) is 19.1 Å². The molecule has 164 valence electrons. The molecule has 1 saturated carbocycles. The van der Waals surface area contributed by atoms with Gasteiger partial charge in [0.05, 0.1) is 6.61 Å². The summed E-state index contributed by atoms with van der Waals surface area (Å²) in [5.41, 5.74) is 6.95. The van der Waals surface area contributed by atoms with E-state index >= 15 is 0 Å². The first-order valence-electron chi connectivity index (χ1n) is 10.7. The molecule has 3 N–H and O–H groups in total. The Morgan fingerprint density at radius 1 is 1.27 bits per heavy atom. The molecule has 1 aromatic carbocycles. The SMILES string of the molecule is CC(C)CN(CC1CCC1)[C@@H](C(N)=O)C(=O)Nc1ccc(N2CCOCC2=O)cc1. The molecule has 3 amide bonds. The number of hydrogen-bond acceptors (Lipinski definition) is 5. The summed E-state index contributed by atoms with van der Waals surface area (Å²) in [6.07, 6.45) is 3.46. The number of hydrogen-bond donors (Lipinski definition) is 2. The molecule has 2 aliphatic rings. The van der Waals surface area contributed by atoms with Crippen LogP contribution in [0.2, 0.25) is 0 Å². The van der Waals surface area contributed by atoms with E-state index in [1.165, 1.54) is 6.42 Å². The fourth-order valence-electron chi connectivity index (χ4n) is 3.96. The molecule has 1 aliphatic heterocycles.